The topological polar surface area (TPSA) is 122 Å². The smallest absolute Gasteiger partial charge is 0.282 e. The number of hydroxylamine groups is 1. The number of rotatable bonds is 7. The van der Waals surface area contributed by atoms with Crippen molar-refractivity contribution < 1.29 is 29.9 Å². The first-order chi connectivity index (χ1) is 9.65. The fourth-order valence-corrected chi connectivity index (χ4v) is 2.91. The van der Waals surface area contributed by atoms with Gasteiger partial charge in [-0.25, -0.2) is 13.5 Å². The molecular formula is C9H14N2O7S3. The van der Waals surface area contributed by atoms with Crippen LogP contribution in [0.15, 0.2) is 23.1 Å². The Kier molecular flexibility index (Phi) is 6.24. The first-order valence-electron chi connectivity index (χ1n) is 5.25. The summed E-state index contributed by atoms with van der Waals surface area (Å²) in [6, 6.07) is 3.74. The van der Waals surface area contributed by atoms with E-state index in [-0.39, 0.29) is 11.4 Å². The van der Waals surface area contributed by atoms with Gasteiger partial charge < -0.3 is 0 Å². The minimum absolute atomic E-state index is 0.118. The van der Waals surface area contributed by atoms with Crippen LogP contribution in [0.25, 0.3) is 0 Å². The van der Waals surface area contributed by atoms with Crippen LogP contribution in [0.5, 0.6) is 0 Å². The summed E-state index contributed by atoms with van der Waals surface area (Å²) >= 11 is -3.58. The van der Waals surface area contributed by atoms with Crippen molar-refractivity contribution in [2.45, 2.75) is 4.90 Å². The van der Waals surface area contributed by atoms with E-state index in [2.05, 4.69) is 8.91 Å². The summed E-state index contributed by atoms with van der Waals surface area (Å²) < 4.78 is 65.8. The second-order valence-corrected chi connectivity index (χ2v) is 6.98. The molecule has 0 amide bonds. The lowest BCUT2D eigenvalue weighted by Crippen LogP contribution is -2.19. The third kappa shape index (κ3) is 5.33. The molecule has 0 saturated carbocycles. The Balaban J connectivity index is 3.25. The van der Waals surface area contributed by atoms with Gasteiger partial charge in [0.05, 0.1) is 18.5 Å². The van der Waals surface area contributed by atoms with Crippen molar-refractivity contribution in [2.24, 2.45) is 0 Å². The molecule has 0 spiro atoms. The van der Waals surface area contributed by atoms with Crippen LogP contribution in [-0.2, 0) is 40.9 Å². The molecule has 12 heteroatoms. The van der Waals surface area contributed by atoms with Crippen LogP contribution in [0.1, 0.15) is 0 Å². The van der Waals surface area contributed by atoms with E-state index >= 15 is 0 Å². The molecule has 0 aliphatic heterocycles. The molecule has 1 aromatic rings. The molecule has 0 heterocycles. The normalized spacial score (nSPS) is 14.5. The first-order valence-corrected chi connectivity index (χ1v) is 9.25. The molecule has 0 radical (unpaired) electrons. The van der Waals surface area contributed by atoms with Gasteiger partial charge in [0.15, 0.2) is 11.1 Å². The van der Waals surface area contributed by atoms with Gasteiger partial charge >= 0.3 is 0 Å². The number of hydrogen-bond donors (Lipinski definition) is 2. The van der Waals surface area contributed by atoms with Crippen LogP contribution >= 0.6 is 0 Å². The zero-order chi connectivity index (χ0) is 16.2. The molecule has 21 heavy (non-hydrogen) atoms. The van der Waals surface area contributed by atoms with E-state index in [0.29, 0.717) is 0 Å². The van der Waals surface area contributed by atoms with Gasteiger partial charge in [0.1, 0.15) is 4.90 Å². The van der Waals surface area contributed by atoms with E-state index in [1.54, 1.807) is 0 Å². The second-order valence-electron chi connectivity index (χ2n) is 3.63. The zero-order valence-electron chi connectivity index (χ0n) is 11.3. The molecule has 0 aromatic heterocycles. The Morgan fingerprint density at radius 3 is 2.43 bits per heavy atom. The van der Waals surface area contributed by atoms with Crippen LogP contribution in [-0.4, -0.2) is 41.8 Å². The van der Waals surface area contributed by atoms with Gasteiger partial charge in [-0.05, 0) is 18.2 Å². The maximum atomic E-state index is 11.4. The highest BCUT2D eigenvalue weighted by Crippen LogP contribution is 2.27. The molecule has 0 saturated heterocycles. The van der Waals surface area contributed by atoms with Crippen molar-refractivity contribution in [2.75, 3.05) is 30.2 Å². The van der Waals surface area contributed by atoms with Gasteiger partial charge in [-0.1, -0.05) is 0 Å². The Bertz CT molecular complexity index is 661. The van der Waals surface area contributed by atoms with E-state index < -0.39 is 37.4 Å². The second kappa shape index (κ2) is 7.29. The summed E-state index contributed by atoms with van der Waals surface area (Å²) in [7, 11) is -2.02. The maximum absolute atomic E-state index is 11.4. The van der Waals surface area contributed by atoms with Crippen molar-refractivity contribution in [3.63, 3.8) is 0 Å². The average Bonchev–Trinajstić information content (AvgIpc) is 2.36. The lowest BCUT2D eigenvalue weighted by atomic mass is 10.3. The van der Waals surface area contributed by atoms with Crippen LogP contribution in [0.3, 0.4) is 0 Å². The predicted molar refractivity (Wildman–Crippen MR) is 78.6 cm³/mol. The van der Waals surface area contributed by atoms with E-state index in [1.165, 1.54) is 25.4 Å². The molecule has 0 aliphatic carbocycles. The molecule has 2 N–H and O–H groups in total. The molecule has 120 valence electrons. The van der Waals surface area contributed by atoms with Crippen molar-refractivity contribution in [1.82, 2.24) is 0 Å². The third-order valence-electron chi connectivity index (χ3n) is 2.17. The van der Waals surface area contributed by atoms with E-state index in [1.807, 2.05) is 0 Å². The van der Waals surface area contributed by atoms with Crippen LogP contribution < -0.4 is 9.79 Å². The Morgan fingerprint density at radius 1 is 1.33 bits per heavy atom. The molecule has 2 unspecified atom stereocenters. The van der Waals surface area contributed by atoms with Crippen LogP contribution in [0.2, 0.25) is 0 Å². The van der Waals surface area contributed by atoms with E-state index in [0.717, 1.165) is 18.2 Å². The molecular weight excluding hydrogens is 344 g/mol. The largest absolute Gasteiger partial charge is 0.296 e. The number of benzene rings is 1. The minimum atomic E-state index is -4.58. The quantitative estimate of drug-likeness (QED) is 0.525. The number of nitrogens with zero attached hydrogens (tertiary/aromatic N) is 1. The summed E-state index contributed by atoms with van der Waals surface area (Å²) in [5.74, 6) is 0. The number of nitrogens with one attached hydrogen (secondary N) is 1. The Hall–Kier alpha value is -1.05. The van der Waals surface area contributed by atoms with Crippen molar-refractivity contribution in [3.05, 3.63) is 18.2 Å². The van der Waals surface area contributed by atoms with Gasteiger partial charge in [-0.2, -0.15) is 12.7 Å². The van der Waals surface area contributed by atoms with E-state index in [4.69, 9.17) is 4.28 Å². The summed E-state index contributed by atoms with van der Waals surface area (Å²) in [6.45, 7) is 0. The zero-order valence-corrected chi connectivity index (χ0v) is 13.8. The molecule has 1 aromatic carbocycles. The highest BCUT2D eigenvalue weighted by molar-refractivity contribution is 7.86. The number of hydrogen-bond acceptors (Lipinski definition) is 7. The highest BCUT2D eigenvalue weighted by atomic mass is 32.2. The predicted octanol–water partition coefficient (Wildman–Crippen LogP) is 0.232. The third-order valence-corrected chi connectivity index (χ3v) is 4.18. The summed E-state index contributed by atoms with van der Waals surface area (Å²) in [5.41, 5.74) is 0.0963. The average molecular weight is 358 g/mol. The molecule has 0 bridgehead atoms. The molecule has 0 fully saturated rings. The van der Waals surface area contributed by atoms with Crippen molar-refractivity contribution >= 4 is 43.8 Å². The van der Waals surface area contributed by atoms with Crippen LogP contribution in [0, 0.1) is 0 Å². The minimum Gasteiger partial charge on any atom is -0.282 e. The summed E-state index contributed by atoms with van der Waals surface area (Å²) in [6.07, 6.45) is 1.29. The molecule has 1 rings (SSSR count). The molecule has 9 nitrogen and oxygen atoms in total. The first kappa shape index (κ1) is 18.0. The Labute approximate surface area is 127 Å². The van der Waals surface area contributed by atoms with Gasteiger partial charge in [-0.3, -0.25) is 13.5 Å². The van der Waals surface area contributed by atoms with Crippen molar-refractivity contribution in [1.29, 1.82) is 0 Å². The summed E-state index contributed by atoms with van der Waals surface area (Å²) in [4.78, 5) is -0.525. The van der Waals surface area contributed by atoms with Crippen LogP contribution in [0.4, 0.5) is 11.4 Å². The fraction of sp³-hybridized carbons (Fsp3) is 0.333. The monoisotopic (exact) mass is 358 g/mol. The molecule has 2 atom stereocenters. The molecule has 0 aliphatic rings. The Morgan fingerprint density at radius 2 is 1.95 bits per heavy atom. The fourth-order valence-electron chi connectivity index (χ4n) is 1.34. The summed E-state index contributed by atoms with van der Waals surface area (Å²) in [5, 5.41) is 1.07. The lowest BCUT2D eigenvalue weighted by molar-refractivity contribution is 0.336. The van der Waals surface area contributed by atoms with E-state index in [9.17, 15) is 21.4 Å². The lowest BCUT2D eigenvalue weighted by Gasteiger charge is -2.18. The maximum Gasteiger partial charge on any atom is 0.296 e. The van der Waals surface area contributed by atoms with Gasteiger partial charge in [-0.15, -0.1) is 0 Å². The van der Waals surface area contributed by atoms with Gasteiger partial charge in [0.2, 0.25) is 0 Å². The standard InChI is InChI=1S/C9H14N2O7S3/c1-11(18-19(3)12)7-4-5-8(10-20(13)17-2)9(6-7)21(14,15)16/h4-6,10H,1-3H3,(H,14,15,16). The highest BCUT2D eigenvalue weighted by Gasteiger charge is 2.19. The SMILES string of the molecule is COS(=O)Nc1ccc(N(C)OS(C)=O)cc1S(=O)(=O)O. The number of anilines is 2. The van der Waals surface area contributed by atoms with Crippen molar-refractivity contribution in [3.8, 4) is 0 Å². The van der Waals surface area contributed by atoms with Gasteiger partial charge in [0.25, 0.3) is 21.4 Å². The van der Waals surface area contributed by atoms with Gasteiger partial charge in [0, 0.05) is 13.3 Å².